The third-order valence-electron chi connectivity index (χ3n) is 1.99. The second-order valence-electron chi connectivity index (χ2n) is 3.52. The number of nitrogens with one attached hydrogen (secondary N) is 1. The van der Waals surface area contributed by atoms with E-state index in [1.54, 1.807) is 6.26 Å². The molecule has 0 spiro atoms. The van der Waals surface area contributed by atoms with Gasteiger partial charge in [-0.3, -0.25) is 4.57 Å². The van der Waals surface area contributed by atoms with Crippen molar-refractivity contribution >= 4 is 34.4 Å². The Bertz CT molecular complexity index is 363. The molecule has 1 heterocycles. The first-order valence-electron chi connectivity index (χ1n) is 5.09. The molecule has 0 amide bonds. The maximum absolute atomic E-state index is 11.9. The van der Waals surface area contributed by atoms with Crippen LogP contribution >= 0.6 is 28.5 Å². The number of hydrogen-bond donors (Lipinski definition) is 1. The van der Waals surface area contributed by atoms with Crippen LogP contribution in [0.4, 0.5) is 0 Å². The molecule has 0 radical (unpaired) electrons. The predicted octanol–water partition coefficient (Wildman–Crippen LogP) is 3.27. The second kappa shape index (κ2) is 6.73. The Morgan fingerprint density at radius 3 is 2.82 bits per heavy atom. The number of rotatable bonds is 6. The highest BCUT2D eigenvalue weighted by Crippen LogP contribution is 2.68. The van der Waals surface area contributed by atoms with Crippen LogP contribution in [0.3, 0.4) is 0 Å². The molecule has 0 saturated carbocycles. The minimum Gasteiger partial charge on any atom is -0.337 e. The van der Waals surface area contributed by atoms with Gasteiger partial charge >= 0.3 is 5.77 Å². The zero-order chi connectivity index (χ0) is 12.9. The van der Waals surface area contributed by atoms with Gasteiger partial charge in [-0.2, -0.15) is 0 Å². The highest BCUT2D eigenvalue weighted by molar-refractivity contribution is 8.89. The lowest BCUT2D eigenvalue weighted by atomic mass is 10.2. The van der Waals surface area contributed by atoms with E-state index < -0.39 is 5.77 Å². The monoisotopic (exact) mass is 296 g/mol. The van der Waals surface area contributed by atoms with Gasteiger partial charge in [-0.25, -0.2) is 0 Å². The van der Waals surface area contributed by atoms with E-state index >= 15 is 0 Å². The van der Waals surface area contributed by atoms with Crippen molar-refractivity contribution in [3.63, 3.8) is 0 Å². The minimum absolute atomic E-state index is 0.296. The van der Waals surface area contributed by atoms with Gasteiger partial charge in [-0.15, -0.1) is 0 Å². The Kier molecular flexibility index (Phi) is 5.92. The normalized spacial score (nSPS) is 21.0. The molecule has 98 valence electrons. The summed E-state index contributed by atoms with van der Waals surface area (Å²) in [6, 6.07) is 0. The lowest BCUT2D eigenvalue weighted by molar-refractivity contribution is 0.237. The van der Waals surface area contributed by atoms with Crippen LogP contribution in [-0.4, -0.2) is 25.0 Å². The SMILES string of the molecule is COP(=O)(SC)SCC=C1NC(C(C)C)=NO1. The Hall–Kier alpha value is -0.100. The molecule has 1 unspecified atom stereocenters. The Balaban J connectivity index is 2.40. The summed E-state index contributed by atoms with van der Waals surface area (Å²) < 4.78 is 16.9. The summed E-state index contributed by atoms with van der Waals surface area (Å²) in [6.45, 7) is 4.06. The van der Waals surface area contributed by atoms with Gasteiger partial charge in [0.1, 0.15) is 0 Å². The Morgan fingerprint density at radius 1 is 1.65 bits per heavy atom. The van der Waals surface area contributed by atoms with E-state index in [-0.39, 0.29) is 0 Å². The van der Waals surface area contributed by atoms with Crippen molar-refractivity contribution in [3.05, 3.63) is 12.0 Å². The quantitative estimate of drug-likeness (QED) is 0.759. The van der Waals surface area contributed by atoms with Gasteiger partial charge in [0.2, 0.25) is 5.88 Å². The van der Waals surface area contributed by atoms with Crippen molar-refractivity contribution in [1.82, 2.24) is 5.32 Å². The largest absolute Gasteiger partial charge is 0.337 e. The van der Waals surface area contributed by atoms with Gasteiger partial charge in [0, 0.05) is 18.8 Å². The number of amidine groups is 1. The minimum atomic E-state index is -2.60. The molecule has 0 aromatic carbocycles. The van der Waals surface area contributed by atoms with Crippen molar-refractivity contribution in [1.29, 1.82) is 0 Å². The molecule has 1 atom stereocenters. The summed E-state index contributed by atoms with van der Waals surface area (Å²) in [5.41, 5.74) is 0. The second-order valence-corrected chi connectivity index (χ2v) is 11.2. The van der Waals surface area contributed by atoms with Crippen molar-refractivity contribution < 1.29 is 13.9 Å². The number of hydrogen-bond acceptors (Lipinski definition) is 7. The molecular formula is C9H17N2O3PS2. The van der Waals surface area contributed by atoms with E-state index in [4.69, 9.17) is 9.36 Å². The zero-order valence-corrected chi connectivity index (χ0v) is 12.8. The summed E-state index contributed by atoms with van der Waals surface area (Å²) in [4.78, 5) is 5.10. The molecule has 0 fully saturated rings. The summed E-state index contributed by atoms with van der Waals surface area (Å²) in [5, 5.41) is 6.95. The molecule has 0 aliphatic carbocycles. The lowest BCUT2D eigenvalue weighted by Crippen LogP contribution is -2.22. The van der Waals surface area contributed by atoms with Gasteiger partial charge in [0.15, 0.2) is 5.84 Å². The number of nitrogens with zero attached hydrogens (tertiary/aromatic N) is 1. The fraction of sp³-hybridized carbons (Fsp3) is 0.667. The summed E-state index contributed by atoms with van der Waals surface area (Å²) in [7, 11) is 1.46. The van der Waals surface area contributed by atoms with Crippen LogP contribution in [0.25, 0.3) is 0 Å². The average molecular weight is 296 g/mol. The van der Waals surface area contributed by atoms with Crippen molar-refractivity contribution in [3.8, 4) is 0 Å². The maximum atomic E-state index is 11.9. The third kappa shape index (κ3) is 4.58. The smallest absolute Gasteiger partial charge is 0.312 e. The fourth-order valence-corrected chi connectivity index (χ4v) is 5.11. The summed E-state index contributed by atoms with van der Waals surface area (Å²) in [6.07, 6.45) is 3.58. The number of oxime groups is 1. The molecule has 1 rings (SSSR count). The predicted molar refractivity (Wildman–Crippen MR) is 75.2 cm³/mol. The highest BCUT2D eigenvalue weighted by atomic mass is 33.1. The first kappa shape index (κ1) is 15.0. The standard InChI is InChI=1S/C9H17N2O3PS2/c1-7(2)9-10-8(14-11-9)5-6-17-15(12,13-3)16-4/h5,7H,6H2,1-4H3,(H,10,11). The van der Waals surface area contributed by atoms with Crippen LogP contribution in [0.5, 0.6) is 0 Å². The highest BCUT2D eigenvalue weighted by Gasteiger charge is 2.21. The molecule has 1 aliphatic heterocycles. The van der Waals surface area contributed by atoms with Gasteiger partial charge in [-0.05, 0) is 12.3 Å². The van der Waals surface area contributed by atoms with Crippen LogP contribution in [0, 0.1) is 5.92 Å². The van der Waals surface area contributed by atoms with Crippen LogP contribution < -0.4 is 5.32 Å². The van der Waals surface area contributed by atoms with Crippen LogP contribution in [0.15, 0.2) is 17.1 Å². The Labute approximate surface area is 110 Å². The van der Waals surface area contributed by atoms with E-state index in [0.717, 1.165) is 5.84 Å². The molecule has 5 nitrogen and oxygen atoms in total. The zero-order valence-electron chi connectivity index (χ0n) is 10.3. The molecule has 1 N–H and O–H groups in total. The van der Waals surface area contributed by atoms with E-state index in [1.807, 2.05) is 19.9 Å². The van der Waals surface area contributed by atoms with Gasteiger partial charge in [0.05, 0.1) is 0 Å². The van der Waals surface area contributed by atoms with Crippen LogP contribution in [0.2, 0.25) is 0 Å². The molecule has 0 aromatic rings. The first-order chi connectivity index (χ1) is 8.00. The van der Waals surface area contributed by atoms with Crippen molar-refractivity contribution in [2.75, 3.05) is 19.1 Å². The van der Waals surface area contributed by atoms with E-state index in [2.05, 4.69) is 10.5 Å². The maximum Gasteiger partial charge on any atom is 0.312 e. The Morgan fingerprint density at radius 2 is 2.35 bits per heavy atom. The topological polar surface area (TPSA) is 59.9 Å². The fourth-order valence-electron chi connectivity index (χ4n) is 0.992. The van der Waals surface area contributed by atoms with Crippen LogP contribution in [0.1, 0.15) is 13.8 Å². The van der Waals surface area contributed by atoms with E-state index in [0.29, 0.717) is 17.6 Å². The lowest BCUT2D eigenvalue weighted by Gasteiger charge is -2.10. The molecule has 1 aliphatic rings. The average Bonchev–Trinajstić information content (AvgIpc) is 2.78. The summed E-state index contributed by atoms with van der Waals surface area (Å²) in [5.74, 6) is -0.363. The molecule has 0 bridgehead atoms. The third-order valence-corrected chi connectivity index (χ3v) is 9.44. The van der Waals surface area contributed by atoms with E-state index in [1.165, 1.54) is 29.9 Å². The van der Waals surface area contributed by atoms with Gasteiger partial charge in [-0.1, -0.05) is 41.8 Å². The molecule has 0 saturated heterocycles. The van der Waals surface area contributed by atoms with Crippen molar-refractivity contribution in [2.24, 2.45) is 11.1 Å². The first-order valence-corrected chi connectivity index (χ1v) is 10.1. The molecule has 8 heteroatoms. The summed E-state index contributed by atoms with van der Waals surface area (Å²) >= 11 is 2.51. The molecular weight excluding hydrogens is 279 g/mol. The van der Waals surface area contributed by atoms with Crippen LogP contribution in [-0.2, 0) is 13.9 Å². The van der Waals surface area contributed by atoms with E-state index in [9.17, 15) is 4.57 Å². The van der Waals surface area contributed by atoms with Gasteiger partial charge in [0.25, 0.3) is 0 Å². The van der Waals surface area contributed by atoms with Crippen molar-refractivity contribution in [2.45, 2.75) is 13.8 Å². The van der Waals surface area contributed by atoms with Gasteiger partial charge < -0.3 is 14.7 Å². The molecule has 17 heavy (non-hydrogen) atoms. The molecule has 0 aromatic heterocycles.